The van der Waals surface area contributed by atoms with Gasteiger partial charge in [0.05, 0.1) is 0 Å². The van der Waals surface area contributed by atoms with E-state index in [-0.39, 0.29) is 10.8 Å². The van der Waals surface area contributed by atoms with E-state index in [0.29, 0.717) is 5.78 Å². The van der Waals surface area contributed by atoms with E-state index in [1.54, 1.807) is 0 Å². The first kappa shape index (κ1) is 8.76. The molecule has 1 aliphatic carbocycles. The zero-order chi connectivity index (χ0) is 8.70. The number of rotatable bonds is 2. The molecule has 0 amide bonds. The Morgan fingerprint density at radius 3 is 1.73 bits per heavy atom. The predicted molar refractivity (Wildman–Crippen MR) is 46.4 cm³/mol. The van der Waals surface area contributed by atoms with E-state index in [9.17, 15) is 4.79 Å². The van der Waals surface area contributed by atoms with Gasteiger partial charge in [-0.3, -0.25) is 4.79 Å². The van der Waals surface area contributed by atoms with Crippen molar-refractivity contribution in [3.63, 3.8) is 0 Å². The molecular formula is C10H18O. The minimum atomic E-state index is 0.0186. The molecule has 64 valence electrons. The molecule has 1 heteroatoms. The number of hydrogen-bond acceptors (Lipinski definition) is 1. The van der Waals surface area contributed by atoms with Crippen molar-refractivity contribution in [3.05, 3.63) is 0 Å². The lowest BCUT2D eigenvalue weighted by atomic mass is 9.51. The molecule has 0 saturated heterocycles. The van der Waals surface area contributed by atoms with Crippen LogP contribution < -0.4 is 0 Å². The Hall–Kier alpha value is -0.330. The molecule has 0 heterocycles. The summed E-state index contributed by atoms with van der Waals surface area (Å²) >= 11 is 0. The van der Waals surface area contributed by atoms with Crippen molar-refractivity contribution in [2.45, 2.75) is 47.0 Å². The molecule has 1 saturated carbocycles. The van der Waals surface area contributed by atoms with E-state index in [1.165, 1.54) is 0 Å². The van der Waals surface area contributed by atoms with Crippen LogP contribution in [0.15, 0.2) is 0 Å². The second-order valence-corrected chi connectivity index (χ2v) is 4.33. The van der Waals surface area contributed by atoms with E-state index in [2.05, 4.69) is 27.7 Å². The Labute approximate surface area is 69.2 Å². The lowest BCUT2D eigenvalue weighted by Gasteiger charge is -2.50. The summed E-state index contributed by atoms with van der Waals surface area (Å²) in [7, 11) is 0. The first-order valence-electron chi connectivity index (χ1n) is 4.53. The number of hydrogen-bond donors (Lipinski definition) is 0. The SMILES string of the molecule is CCC1(C)CC(C)(CC)C1=O. The molecule has 0 radical (unpaired) electrons. The van der Waals surface area contributed by atoms with Crippen molar-refractivity contribution in [1.29, 1.82) is 0 Å². The highest BCUT2D eigenvalue weighted by molar-refractivity contribution is 5.95. The molecule has 11 heavy (non-hydrogen) atoms. The van der Waals surface area contributed by atoms with Crippen LogP contribution in [0.25, 0.3) is 0 Å². The highest BCUT2D eigenvalue weighted by atomic mass is 16.1. The van der Waals surface area contributed by atoms with Gasteiger partial charge in [0.25, 0.3) is 0 Å². The van der Waals surface area contributed by atoms with Crippen molar-refractivity contribution < 1.29 is 4.79 Å². The largest absolute Gasteiger partial charge is 0.298 e. The molecule has 1 fully saturated rings. The second-order valence-electron chi connectivity index (χ2n) is 4.33. The molecule has 0 aromatic carbocycles. The average Bonchev–Trinajstić information content (AvgIpc) is 2.03. The predicted octanol–water partition coefficient (Wildman–Crippen LogP) is 2.79. The van der Waals surface area contributed by atoms with Gasteiger partial charge < -0.3 is 0 Å². The monoisotopic (exact) mass is 154 g/mol. The maximum absolute atomic E-state index is 11.7. The van der Waals surface area contributed by atoms with Crippen LogP contribution in [-0.4, -0.2) is 5.78 Å². The minimum Gasteiger partial charge on any atom is -0.298 e. The van der Waals surface area contributed by atoms with Crippen molar-refractivity contribution in [1.82, 2.24) is 0 Å². The summed E-state index contributed by atoms with van der Waals surface area (Å²) in [6.45, 7) is 8.39. The van der Waals surface area contributed by atoms with Crippen molar-refractivity contribution in [3.8, 4) is 0 Å². The maximum Gasteiger partial charge on any atom is 0.144 e. The summed E-state index contributed by atoms with van der Waals surface area (Å²) in [5, 5.41) is 0. The number of Topliss-reactive ketones (excluding diaryl/α,β-unsaturated/α-hetero) is 1. The molecule has 0 aromatic heterocycles. The van der Waals surface area contributed by atoms with E-state index >= 15 is 0 Å². The summed E-state index contributed by atoms with van der Waals surface area (Å²) in [6.07, 6.45) is 3.09. The topological polar surface area (TPSA) is 17.1 Å². The van der Waals surface area contributed by atoms with Crippen LogP contribution in [0, 0.1) is 10.8 Å². The maximum atomic E-state index is 11.7. The Balaban J connectivity index is 2.71. The molecule has 1 nitrogen and oxygen atoms in total. The van der Waals surface area contributed by atoms with Crippen molar-refractivity contribution >= 4 is 5.78 Å². The number of carbonyl (C=O) groups excluding carboxylic acids is 1. The van der Waals surface area contributed by atoms with Crippen LogP contribution in [-0.2, 0) is 4.79 Å². The highest BCUT2D eigenvalue weighted by Crippen LogP contribution is 2.53. The fourth-order valence-electron chi connectivity index (χ4n) is 2.21. The minimum absolute atomic E-state index is 0.0186. The third kappa shape index (κ3) is 1.02. The lowest BCUT2D eigenvalue weighted by Crippen LogP contribution is -2.53. The summed E-state index contributed by atoms with van der Waals surface area (Å²) in [6, 6.07) is 0. The Morgan fingerprint density at radius 2 is 1.55 bits per heavy atom. The quantitative estimate of drug-likeness (QED) is 0.597. The Morgan fingerprint density at radius 1 is 1.18 bits per heavy atom. The highest BCUT2D eigenvalue weighted by Gasteiger charge is 2.55. The first-order chi connectivity index (χ1) is 4.98. The van der Waals surface area contributed by atoms with E-state index in [1.807, 2.05) is 0 Å². The second kappa shape index (κ2) is 2.33. The van der Waals surface area contributed by atoms with Crippen molar-refractivity contribution in [2.75, 3.05) is 0 Å². The standard InChI is InChI=1S/C10H18O/c1-5-9(3)7-10(4,6-2)8(9)11/h5-7H2,1-4H3. The van der Waals surface area contributed by atoms with E-state index in [4.69, 9.17) is 0 Å². The van der Waals surface area contributed by atoms with Crippen molar-refractivity contribution in [2.24, 2.45) is 10.8 Å². The van der Waals surface area contributed by atoms with Gasteiger partial charge in [0.15, 0.2) is 0 Å². The molecule has 0 spiro atoms. The van der Waals surface area contributed by atoms with Gasteiger partial charge in [-0.25, -0.2) is 0 Å². The van der Waals surface area contributed by atoms with E-state index in [0.717, 1.165) is 19.3 Å². The van der Waals surface area contributed by atoms with Gasteiger partial charge >= 0.3 is 0 Å². The molecule has 0 bridgehead atoms. The summed E-state index contributed by atoms with van der Waals surface area (Å²) in [4.78, 5) is 11.7. The average molecular weight is 154 g/mol. The molecule has 0 N–H and O–H groups in total. The third-order valence-corrected chi connectivity index (χ3v) is 3.44. The van der Waals surface area contributed by atoms with Gasteiger partial charge in [0.1, 0.15) is 5.78 Å². The summed E-state index contributed by atoms with van der Waals surface area (Å²) in [5.74, 6) is 0.481. The van der Waals surface area contributed by atoms with Gasteiger partial charge in [-0.2, -0.15) is 0 Å². The van der Waals surface area contributed by atoms with Crippen LogP contribution in [0.1, 0.15) is 47.0 Å². The van der Waals surface area contributed by atoms with Gasteiger partial charge in [-0.05, 0) is 19.3 Å². The van der Waals surface area contributed by atoms with Crippen LogP contribution in [0.4, 0.5) is 0 Å². The molecule has 2 atom stereocenters. The van der Waals surface area contributed by atoms with Gasteiger partial charge in [-0.15, -0.1) is 0 Å². The number of ketones is 1. The molecule has 1 rings (SSSR count). The first-order valence-corrected chi connectivity index (χ1v) is 4.53. The normalized spacial score (nSPS) is 43.8. The van der Waals surface area contributed by atoms with Crippen LogP contribution in [0.3, 0.4) is 0 Å². The molecule has 0 aromatic rings. The zero-order valence-electron chi connectivity index (χ0n) is 8.03. The van der Waals surface area contributed by atoms with Crippen LogP contribution in [0.2, 0.25) is 0 Å². The third-order valence-electron chi connectivity index (χ3n) is 3.44. The molecule has 2 unspecified atom stereocenters. The Kier molecular flexibility index (Phi) is 1.85. The summed E-state index contributed by atoms with van der Waals surface area (Å²) < 4.78 is 0. The van der Waals surface area contributed by atoms with Gasteiger partial charge in [-0.1, -0.05) is 27.7 Å². The lowest BCUT2D eigenvalue weighted by molar-refractivity contribution is -0.156. The van der Waals surface area contributed by atoms with Crippen LogP contribution >= 0.6 is 0 Å². The van der Waals surface area contributed by atoms with E-state index < -0.39 is 0 Å². The summed E-state index contributed by atoms with van der Waals surface area (Å²) in [5.41, 5.74) is 0.0372. The fraction of sp³-hybridized carbons (Fsp3) is 0.900. The molecule has 0 aliphatic heterocycles. The number of carbonyl (C=O) groups is 1. The fourth-order valence-corrected chi connectivity index (χ4v) is 2.21. The smallest absolute Gasteiger partial charge is 0.144 e. The van der Waals surface area contributed by atoms with Gasteiger partial charge in [0, 0.05) is 10.8 Å². The van der Waals surface area contributed by atoms with Crippen LogP contribution in [0.5, 0.6) is 0 Å². The zero-order valence-corrected chi connectivity index (χ0v) is 8.03. The Bertz CT molecular complexity index is 167. The van der Waals surface area contributed by atoms with Gasteiger partial charge in [0.2, 0.25) is 0 Å². The molecule has 1 aliphatic rings. The molecular weight excluding hydrogens is 136 g/mol.